The number of rotatable bonds is 4. The maximum absolute atomic E-state index is 5.48. The van der Waals surface area contributed by atoms with Gasteiger partial charge in [-0.15, -0.1) is 0 Å². The van der Waals surface area contributed by atoms with E-state index >= 15 is 0 Å². The molecule has 2 aromatic rings. The summed E-state index contributed by atoms with van der Waals surface area (Å²) in [6.07, 6.45) is 1.75. The third kappa shape index (κ3) is 3.17. The van der Waals surface area contributed by atoms with Crippen LogP contribution in [0.2, 0.25) is 0 Å². The standard InChI is InChI=1S/C14H18N2O/c1-10-4-6-13(7-5-10)9-15-12(3)14-16-8-11(2)17-14/h4-8,12,15H,9H2,1-3H3. The highest BCUT2D eigenvalue weighted by Crippen LogP contribution is 2.13. The molecule has 0 radical (unpaired) electrons. The highest BCUT2D eigenvalue weighted by atomic mass is 16.4. The monoisotopic (exact) mass is 230 g/mol. The molecular formula is C14H18N2O. The Bertz CT molecular complexity index is 473. The van der Waals surface area contributed by atoms with E-state index in [2.05, 4.69) is 48.4 Å². The average Bonchev–Trinajstić information content (AvgIpc) is 2.75. The van der Waals surface area contributed by atoms with Gasteiger partial charge in [0.2, 0.25) is 5.89 Å². The summed E-state index contributed by atoms with van der Waals surface area (Å²) in [7, 11) is 0. The van der Waals surface area contributed by atoms with Gasteiger partial charge in [-0.3, -0.25) is 0 Å². The lowest BCUT2D eigenvalue weighted by molar-refractivity contribution is 0.402. The lowest BCUT2D eigenvalue weighted by Gasteiger charge is -2.10. The molecule has 1 heterocycles. The number of oxazole rings is 1. The maximum atomic E-state index is 5.48. The molecule has 0 saturated heterocycles. The van der Waals surface area contributed by atoms with Crippen LogP contribution in [0.25, 0.3) is 0 Å². The summed E-state index contributed by atoms with van der Waals surface area (Å²) in [5.74, 6) is 1.60. The lowest BCUT2D eigenvalue weighted by atomic mass is 10.1. The van der Waals surface area contributed by atoms with E-state index in [0.29, 0.717) is 0 Å². The number of hydrogen-bond donors (Lipinski definition) is 1. The Hall–Kier alpha value is -1.61. The van der Waals surface area contributed by atoms with E-state index in [9.17, 15) is 0 Å². The maximum Gasteiger partial charge on any atom is 0.211 e. The van der Waals surface area contributed by atoms with Crippen molar-refractivity contribution in [3.05, 3.63) is 53.2 Å². The number of nitrogens with zero attached hydrogens (tertiary/aromatic N) is 1. The summed E-state index contributed by atoms with van der Waals surface area (Å²) in [4.78, 5) is 4.21. The van der Waals surface area contributed by atoms with Gasteiger partial charge in [-0.1, -0.05) is 29.8 Å². The van der Waals surface area contributed by atoms with E-state index in [-0.39, 0.29) is 6.04 Å². The van der Waals surface area contributed by atoms with Crippen LogP contribution in [0, 0.1) is 13.8 Å². The van der Waals surface area contributed by atoms with Crippen LogP contribution in [0.3, 0.4) is 0 Å². The number of aromatic nitrogens is 1. The second-order valence-corrected chi connectivity index (χ2v) is 4.40. The van der Waals surface area contributed by atoms with Crippen molar-refractivity contribution in [1.29, 1.82) is 0 Å². The van der Waals surface area contributed by atoms with E-state index in [0.717, 1.165) is 18.2 Å². The molecular weight excluding hydrogens is 212 g/mol. The molecule has 90 valence electrons. The first-order chi connectivity index (χ1) is 8.15. The molecule has 3 nitrogen and oxygen atoms in total. The lowest BCUT2D eigenvalue weighted by Crippen LogP contribution is -2.18. The number of benzene rings is 1. The van der Waals surface area contributed by atoms with E-state index in [1.165, 1.54) is 11.1 Å². The SMILES string of the molecule is Cc1ccc(CNC(C)c2ncc(C)o2)cc1. The molecule has 1 atom stereocenters. The molecule has 0 aliphatic carbocycles. The number of nitrogens with one attached hydrogen (secondary N) is 1. The second kappa shape index (κ2) is 5.15. The highest BCUT2D eigenvalue weighted by molar-refractivity contribution is 5.21. The van der Waals surface area contributed by atoms with Gasteiger partial charge in [-0.05, 0) is 26.3 Å². The Morgan fingerprint density at radius 2 is 1.94 bits per heavy atom. The molecule has 0 aliphatic heterocycles. The Balaban J connectivity index is 1.92. The van der Waals surface area contributed by atoms with Crippen molar-refractivity contribution in [2.24, 2.45) is 0 Å². The van der Waals surface area contributed by atoms with Crippen LogP contribution in [-0.2, 0) is 6.54 Å². The van der Waals surface area contributed by atoms with Crippen molar-refractivity contribution < 1.29 is 4.42 Å². The van der Waals surface area contributed by atoms with Crippen molar-refractivity contribution in [2.75, 3.05) is 0 Å². The Kier molecular flexibility index (Phi) is 3.59. The molecule has 3 heteroatoms. The van der Waals surface area contributed by atoms with Gasteiger partial charge in [0.1, 0.15) is 5.76 Å². The van der Waals surface area contributed by atoms with E-state index < -0.39 is 0 Å². The van der Waals surface area contributed by atoms with Gasteiger partial charge in [-0.25, -0.2) is 4.98 Å². The largest absolute Gasteiger partial charge is 0.444 e. The van der Waals surface area contributed by atoms with Crippen LogP contribution in [0.4, 0.5) is 0 Å². The van der Waals surface area contributed by atoms with Crippen LogP contribution in [0.15, 0.2) is 34.9 Å². The number of hydrogen-bond acceptors (Lipinski definition) is 3. The zero-order valence-corrected chi connectivity index (χ0v) is 10.5. The normalized spacial score (nSPS) is 12.6. The Morgan fingerprint density at radius 3 is 2.53 bits per heavy atom. The predicted octanol–water partition coefficient (Wildman–Crippen LogP) is 3.14. The molecule has 17 heavy (non-hydrogen) atoms. The molecule has 1 unspecified atom stereocenters. The van der Waals surface area contributed by atoms with Crippen molar-refractivity contribution >= 4 is 0 Å². The van der Waals surface area contributed by atoms with Gasteiger partial charge in [0, 0.05) is 6.54 Å². The van der Waals surface area contributed by atoms with Crippen LogP contribution in [-0.4, -0.2) is 4.98 Å². The molecule has 0 spiro atoms. The van der Waals surface area contributed by atoms with Gasteiger partial charge in [0.25, 0.3) is 0 Å². The molecule has 0 amide bonds. The molecule has 0 aliphatic rings. The van der Waals surface area contributed by atoms with Crippen molar-refractivity contribution in [3.8, 4) is 0 Å². The fourth-order valence-corrected chi connectivity index (χ4v) is 1.64. The fraction of sp³-hybridized carbons (Fsp3) is 0.357. The minimum atomic E-state index is 0.130. The van der Waals surface area contributed by atoms with Crippen molar-refractivity contribution in [3.63, 3.8) is 0 Å². The molecule has 0 fully saturated rings. The predicted molar refractivity (Wildman–Crippen MR) is 67.7 cm³/mol. The van der Waals surface area contributed by atoms with E-state index in [4.69, 9.17) is 4.42 Å². The summed E-state index contributed by atoms with van der Waals surface area (Å²) in [5.41, 5.74) is 2.55. The average molecular weight is 230 g/mol. The molecule has 1 aromatic heterocycles. The summed E-state index contributed by atoms with van der Waals surface area (Å²) < 4.78 is 5.48. The van der Waals surface area contributed by atoms with Crippen LogP contribution < -0.4 is 5.32 Å². The Morgan fingerprint density at radius 1 is 1.24 bits per heavy atom. The summed E-state index contributed by atoms with van der Waals surface area (Å²) in [6, 6.07) is 8.64. The third-order valence-electron chi connectivity index (χ3n) is 2.74. The third-order valence-corrected chi connectivity index (χ3v) is 2.74. The Labute approximate surface area is 102 Å². The van der Waals surface area contributed by atoms with Gasteiger partial charge in [0.15, 0.2) is 0 Å². The molecule has 2 rings (SSSR count). The van der Waals surface area contributed by atoms with Gasteiger partial charge in [0.05, 0.1) is 12.2 Å². The topological polar surface area (TPSA) is 38.1 Å². The molecule has 0 bridgehead atoms. The molecule has 1 aromatic carbocycles. The second-order valence-electron chi connectivity index (χ2n) is 4.40. The summed E-state index contributed by atoms with van der Waals surface area (Å²) >= 11 is 0. The van der Waals surface area contributed by atoms with Crippen molar-refractivity contribution in [1.82, 2.24) is 10.3 Å². The minimum Gasteiger partial charge on any atom is -0.444 e. The van der Waals surface area contributed by atoms with Crippen LogP contribution >= 0.6 is 0 Å². The van der Waals surface area contributed by atoms with Gasteiger partial charge in [-0.2, -0.15) is 0 Å². The first kappa shape index (κ1) is 11.9. The van der Waals surface area contributed by atoms with E-state index in [1.54, 1.807) is 6.20 Å². The summed E-state index contributed by atoms with van der Waals surface area (Å²) in [5, 5.41) is 3.39. The highest BCUT2D eigenvalue weighted by Gasteiger charge is 2.10. The quantitative estimate of drug-likeness (QED) is 0.876. The summed E-state index contributed by atoms with van der Waals surface area (Å²) in [6.45, 7) is 6.88. The van der Waals surface area contributed by atoms with Gasteiger partial charge >= 0.3 is 0 Å². The molecule has 1 N–H and O–H groups in total. The minimum absolute atomic E-state index is 0.130. The zero-order valence-electron chi connectivity index (χ0n) is 10.5. The first-order valence-corrected chi connectivity index (χ1v) is 5.86. The number of aryl methyl sites for hydroxylation is 2. The first-order valence-electron chi connectivity index (χ1n) is 5.86. The molecule has 0 saturated carbocycles. The van der Waals surface area contributed by atoms with Crippen molar-refractivity contribution in [2.45, 2.75) is 33.4 Å². The zero-order chi connectivity index (χ0) is 12.3. The smallest absolute Gasteiger partial charge is 0.211 e. The van der Waals surface area contributed by atoms with E-state index in [1.807, 2.05) is 6.92 Å². The van der Waals surface area contributed by atoms with Crippen LogP contribution in [0.1, 0.15) is 35.7 Å². The van der Waals surface area contributed by atoms with Gasteiger partial charge < -0.3 is 9.73 Å². The fourth-order valence-electron chi connectivity index (χ4n) is 1.64. The van der Waals surface area contributed by atoms with Crippen LogP contribution in [0.5, 0.6) is 0 Å².